The smallest absolute Gasteiger partial charge is 0.341 e. The van der Waals surface area contributed by atoms with Crippen molar-refractivity contribution in [3.05, 3.63) is 39.8 Å². The number of thiophene rings is 1. The van der Waals surface area contributed by atoms with Crippen molar-refractivity contribution in [2.75, 3.05) is 6.61 Å². The number of carbonyl (C=O) groups is 1. The topological polar surface area (TPSA) is 56.1 Å². The molecule has 6 heteroatoms. The lowest BCUT2D eigenvalue weighted by Crippen LogP contribution is -2.29. The van der Waals surface area contributed by atoms with Gasteiger partial charge in [0.2, 0.25) is 0 Å². The van der Waals surface area contributed by atoms with Crippen LogP contribution in [0.15, 0.2) is 23.0 Å². The van der Waals surface area contributed by atoms with Crippen molar-refractivity contribution in [1.82, 2.24) is 15.1 Å². The van der Waals surface area contributed by atoms with Gasteiger partial charge in [-0.1, -0.05) is 0 Å². The number of nitrogens with zero attached hydrogens (tertiary/aromatic N) is 2. The summed E-state index contributed by atoms with van der Waals surface area (Å²) in [4.78, 5) is 11.9. The van der Waals surface area contributed by atoms with Crippen molar-refractivity contribution >= 4 is 17.3 Å². The molecule has 0 saturated heterocycles. The van der Waals surface area contributed by atoms with Crippen molar-refractivity contribution in [3.63, 3.8) is 0 Å². The van der Waals surface area contributed by atoms with E-state index in [-0.39, 0.29) is 5.97 Å². The van der Waals surface area contributed by atoms with E-state index in [9.17, 15) is 4.79 Å². The minimum atomic E-state index is -0.312. The molecule has 114 valence electrons. The number of aromatic nitrogens is 2. The van der Waals surface area contributed by atoms with Crippen molar-refractivity contribution in [1.29, 1.82) is 0 Å². The average molecular weight is 307 g/mol. The molecule has 0 aromatic carbocycles. The van der Waals surface area contributed by atoms with E-state index in [2.05, 4.69) is 34.2 Å². The molecule has 0 amide bonds. The first kappa shape index (κ1) is 15.7. The zero-order chi connectivity index (χ0) is 15.2. The van der Waals surface area contributed by atoms with Crippen LogP contribution in [-0.4, -0.2) is 28.4 Å². The Labute approximate surface area is 128 Å². The van der Waals surface area contributed by atoms with Gasteiger partial charge < -0.3 is 10.1 Å². The Morgan fingerprint density at radius 2 is 2.38 bits per heavy atom. The number of carbonyl (C=O) groups excluding carboxylic acids is 1. The van der Waals surface area contributed by atoms with Crippen LogP contribution in [0.5, 0.6) is 0 Å². The highest BCUT2D eigenvalue weighted by Crippen LogP contribution is 2.11. The minimum Gasteiger partial charge on any atom is -0.462 e. The van der Waals surface area contributed by atoms with Crippen molar-refractivity contribution < 1.29 is 9.53 Å². The molecular formula is C15H21N3O2S. The second kappa shape index (κ2) is 7.38. The maximum Gasteiger partial charge on any atom is 0.341 e. The van der Waals surface area contributed by atoms with Gasteiger partial charge in [0.1, 0.15) is 5.56 Å². The highest BCUT2D eigenvalue weighted by molar-refractivity contribution is 7.07. The quantitative estimate of drug-likeness (QED) is 0.798. The number of ether oxygens (including phenoxy) is 1. The summed E-state index contributed by atoms with van der Waals surface area (Å²) in [5.74, 6) is -0.312. The van der Waals surface area contributed by atoms with Crippen LogP contribution in [0.25, 0.3) is 0 Å². The lowest BCUT2D eigenvalue weighted by Gasteiger charge is -2.14. The largest absolute Gasteiger partial charge is 0.462 e. The summed E-state index contributed by atoms with van der Waals surface area (Å²) in [6, 6.07) is 2.46. The van der Waals surface area contributed by atoms with Crippen molar-refractivity contribution in [2.45, 2.75) is 32.9 Å². The van der Waals surface area contributed by atoms with E-state index in [0.717, 1.165) is 12.1 Å². The first-order valence-corrected chi connectivity index (χ1v) is 7.98. The third-order valence-electron chi connectivity index (χ3n) is 3.30. The zero-order valence-corrected chi connectivity index (χ0v) is 13.4. The summed E-state index contributed by atoms with van der Waals surface area (Å²) < 4.78 is 6.77. The Bertz CT molecular complexity index is 578. The predicted octanol–water partition coefficient (Wildman–Crippen LogP) is 2.38. The molecule has 1 atom stereocenters. The Morgan fingerprint density at radius 1 is 1.57 bits per heavy atom. The Morgan fingerprint density at radius 3 is 3.05 bits per heavy atom. The van der Waals surface area contributed by atoms with E-state index in [4.69, 9.17) is 4.74 Å². The van der Waals surface area contributed by atoms with E-state index >= 15 is 0 Å². The number of esters is 1. The molecule has 0 bridgehead atoms. The molecular weight excluding hydrogens is 286 g/mol. The lowest BCUT2D eigenvalue weighted by molar-refractivity contribution is 0.0524. The maximum atomic E-state index is 11.9. The van der Waals surface area contributed by atoms with Crippen LogP contribution in [0.1, 0.15) is 35.5 Å². The predicted molar refractivity (Wildman–Crippen MR) is 83.5 cm³/mol. The molecule has 0 saturated carbocycles. The fourth-order valence-electron chi connectivity index (χ4n) is 2.16. The van der Waals surface area contributed by atoms with Crippen LogP contribution in [0.2, 0.25) is 0 Å². The Balaban J connectivity index is 1.96. The van der Waals surface area contributed by atoms with Crippen molar-refractivity contribution in [2.24, 2.45) is 7.05 Å². The molecule has 0 fully saturated rings. The summed E-state index contributed by atoms with van der Waals surface area (Å²) in [6.07, 6.45) is 2.54. The molecule has 5 nitrogen and oxygen atoms in total. The van der Waals surface area contributed by atoms with Gasteiger partial charge in [-0.25, -0.2) is 4.79 Å². The minimum absolute atomic E-state index is 0.312. The van der Waals surface area contributed by atoms with Crippen LogP contribution in [0.4, 0.5) is 0 Å². The lowest BCUT2D eigenvalue weighted by atomic mass is 10.1. The van der Waals surface area contributed by atoms with E-state index in [0.29, 0.717) is 24.8 Å². The molecule has 2 aromatic heterocycles. The molecule has 2 aromatic rings. The summed E-state index contributed by atoms with van der Waals surface area (Å²) in [6.45, 7) is 4.90. The molecule has 1 unspecified atom stereocenters. The fraction of sp³-hybridized carbons (Fsp3) is 0.467. The van der Waals surface area contributed by atoms with Crippen LogP contribution >= 0.6 is 11.3 Å². The van der Waals surface area contributed by atoms with Gasteiger partial charge >= 0.3 is 5.97 Å². The monoisotopic (exact) mass is 307 g/mol. The first-order valence-electron chi connectivity index (χ1n) is 7.04. The summed E-state index contributed by atoms with van der Waals surface area (Å²) >= 11 is 1.71. The molecule has 2 rings (SSSR count). The summed E-state index contributed by atoms with van der Waals surface area (Å²) in [7, 11) is 1.84. The Hall–Kier alpha value is -1.66. The normalized spacial score (nSPS) is 12.3. The number of rotatable bonds is 7. The van der Waals surface area contributed by atoms with Gasteiger partial charge in [-0.3, -0.25) is 4.68 Å². The molecule has 0 aliphatic carbocycles. The summed E-state index contributed by atoms with van der Waals surface area (Å²) in [5, 5.41) is 11.8. The van der Waals surface area contributed by atoms with Crippen molar-refractivity contribution in [3.8, 4) is 0 Å². The third kappa shape index (κ3) is 4.15. The molecule has 0 aliphatic rings. The second-order valence-electron chi connectivity index (χ2n) is 4.97. The van der Waals surface area contributed by atoms with Gasteiger partial charge in [-0.15, -0.1) is 0 Å². The first-order chi connectivity index (χ1) is 10.1. The summed E-state index contributed by atoms with van der Waals surface area (Å²) in [5.41, 5.74) is 2.72. The molecule has 0 spiro atoms. The van der Waals surface area contributed by atoms with Gasteiger partial charge in [0.15, 0.2) is 0 Å². The molecule has 0 radical (unpaired) electrons. The molecule has 2 heterocycles. The van der Waals surface area contributed by atoms with Crippen LogP contribution in [0.3, 0.4) is 0 Å². The van der Waals surface area contributed by atoms with Crippen LogP contribution < -0.4 is 5.32 Å². The van der Waals surface area contributed by atoms with Gasteiger partial charge in [-0.2, -0.15) is 16.4 Å². The SMILES string of the molecule is CCOC(=O)c1cnn(C)c1CNC(C)Cc1ccsc1. The third-order valence-corrected chi connectivity index (χ3v) is 4.03. The van der Waals surface area contributed by atoms with Crippen LogP contribution in [-0.2, 0) is 24.8 Å². The molecule has 1 N–H and O–H groups in total. The van der Waals surface area contributed by atoms with E-state index in [1.165, 1.54) is 5.56 Å². The van der Waals surface area contributed by atoms with E-state index in [1.807, 2.05) is 7.05 Å². The number of aryl methyl sites for hydroxylation is 1. The fourth-order valence-corrected chi connectivity index (χ4v) is 2.84. The molecule has 0 aliphatic heterocycles. The number of hydrogen-bond donors (Lipinski definition) is 1. The average Bonchev–Trinajstić information content (AvgIpc) is 3.06. The zero-order valence-electron chi connectivity index (χ0n) is 12.6. The number of hydrogen-bond acceptors (Lipinski definition) is 5. The number of nitrogens with one attached hydrogen (secondary N) is 1. The Kier molecular flexibility index (Phi) is 5.52. The van der Waals surface area contributed by atoms with Gasteiger partial charge in [0.05, 0.1) is 18.5 Å². The highest BCUT2D eigenvalue weighted by Gasteiger charge is 2.17. The van der Waals surface area contributed by atoms with Crippen LogP contribution in [0, 0.1) is 0 Å². The highest BCUT2D eigenvalue weighted by atomic mass is 32.1. The van der Waals surface area contributed by atoms with E-state index in [1.54, 1.807) is 29.1 Å². The van der Waals surface area contributed by atoms with Gasteiger partial charge in [0.25, 0.3) is 0 Å². The standard InChI is InChI=1S/C15H21N3O2S/c1-4-20-15(19)13-8-17-18(3)14(13)9-16-11(2)7-12-5-6-21-10-12/h5-6,8,10-11,16H,4,7,9H2,1-3H3. The second-order valence-corrected chi connectivity index (χ2v) is 5.75. The van der Waals surface area contributed by atoms with Gasteiger partial charge in [-0.05, 0) is 42.7 Å². The maximum absolute atomic E-state index is 11.9. The van der Waals surface area contributed by atoms with Gasteiger partial charge in [0, 0.05) is 19.6 Å². The van der Waals surface area contributed by atoms with E-state index < -0.39 is 0 Å². The molecule has 21 heavy (non-hydrogen) atoms.